The molecule has 2 unspecified atom stereocenters. The van der Waals surface area contributed by atoms with E-state index in [4.69, 9.17) is 4.74 Å². The molecule has 1 aliphatic rings. The second-order valence-corrected chi connectivity index (χ2v) is 5.22. The van der Waals surface area contributed by atoms with E-state index in [1.165, 1.54) is 32.2 Å². The van der Waals surface area contributed by atoms with Gasteiger partial charge in [0, 0.05) is 6.61 Å². The average Bonchev–Trinajstić information content (AvgIpc) is 2.18. The molecule has 0 aromatic carbocycles. The van der Waals surface area contributed by atoms with Crippen molar-refractivity contribution in [2.45, 2.75) is 52.6 Å². The standard InChI is InChI=1S/C13H27NO/c1-4-5-13-8-12(6-7-15-13)10-14-9-11(2)3/h11-14H,4-10H2,1-3H3. The van der Waals surface area contributed by atoms with Crippen LogP contribution in [0.3, 0.4) is 0 Å². The van der Waals surface area contributed by atoms with Crippen molar-refractivity contribution in [2.75, 3.05) is 19.7 Å². The zero-order valence-electron chi connectivity index (χ0n) is 10.6. The molecule has 0 aliphatic carbocycles. The third-order valence-corrected chi connectivity index (χ3v) is 3.07. The average molecular weight is 213 g/mol. The van der Waals surface area contributed by atoms with Crippen LogP contribution in [-0.4, -0.2) is 25.8 Å². The first kappa shape index (κ1) is 13.0. The number of hydrogen-bond donors (Lipinski definition) is 1. The fourth-order valence-corrected chi connectivity index (χ4v) is 2.24. The van der Waals surface area contributed by atoms with Crippen molar-refractivity contribution in [1.82, 2.24) is 5.32 Å². The number of rotatable bonds is 6. The van der Waals surface area contributed by atoms with Crippen molar-refractivity contribution in [3.8, 4) is 0 Å². The Balaban J connectivity index is 2.12. The van der Waals surface area contributed by atoms with E-state index in [0.717, 1.165) is 25.0 Å². The van der Waals surface area contributed by atoms with Gasteiger partial charge in [-0.1, -0.05) is 27.2 Å². The lowest BCUT2D eigenvalue weighted by Gasteiger charge is -2.29. The summed E-state index contributed by atoms with van der Waals surface area (Å²) in [6.45, 7) is 10.1. The molecule has 1 rings (SSSR count). The summed E-state index contributed by atoms with van der Waals surface area (Å²) < 4.78 is 5.75. The largest absolute Gasteiger partial charge is 0.378 e. The Morgan fingerprint density at radius 2 is 2.20 bits per heavy atom. The fourth-order valence-electron chi connectivity index (χ4n) is 2.24. The monoisotopic (exact) mass is 213 g/mol. The molecule has 1 aliphatic heterocycles. The summed E-state index contributed by atoms with van der Waals surface area (Å²) in [6.07, 6.45) is 5.52. The van der Waals surface area contributed by atoms with Crippen molar-refractivity contribution >= 4 is 0 Å². The fraction of sp³-hybridized carbons (Fsp3) is 1.00. The molecule has 90 valence electrons. The molecule has 1 N–H and O–H groups in total. The predicted octanol–water partition coefficient (Wildman–Crippen LogP) is 2.83. The zero-order chi connectivity index (χ0) is 11.1. The van der Waals surface area contributed by atoms with Crippen molar-refractivity contribution in [3.05, 3.63) is 0 Å². The maximum absolute atomic E-state index is 5.75. The highest BCUT2D eigenvalue weighted by Gasteiger charge is 2.21. The van der Waals surface area contributed by atoms with Gasteiger partial charge < -0.3 is 10.1 Å². The van der Waals surface area contributed by atoms with E-state index < -0.39 is 0 Å². The van der Waals surface area contributed by atoms with Crippen molar-refractivity contribution < 1.29 is 4.74 Å². The summed E-state index contributed by atoms with van der Waals surface area (Å²) in [7, 11) is 0. The molecular formula is C13H27NO. The molecule has 2 nitrogen and oxygen atoms in total. The molecule has 0 saturated carbocycles. The van der Waals surface area contributed by atoms with E-state index in [-0.39, 0.29) is 0 Å². The SMILES string of the molecule is CCCC1CC(CNCC(C)C)CCO1. The van der Waals surface area contributed by atoms with Gasteiger partial charge in [-0.15, -0.1) is 0 Å². The maximum Gasteiger partial charge on any atom is 0.0578 e. The molecule has 15 heavy (non-hydrogen) atoms. The molecule has 1 saturated heterocycles. The van der Waals surface area contributed by atoms with Crippen molar-refractivity contribution in [2.24, 2.45) is 11.8 Å². The van der Waals surface area contributed by atoms with E-state index in [2.05, 4.69) is 26.1 Å². The molecule has 2 atom stereocenters. The Morgan fingerprint density at radius 1 is 1.40 bits per heavy atom. The van der Waals surface area contributed by atoms with Gasteiger partial charge in [0.25, 0.3) is 0 Å². The molecule has 0 radical (unpaired) electrons. The highest BCUT2D eigenvalue weighted by molar-refractivity contribution is 4.73. The van der Waals surface area contributed by atoms with Crippen LogP contribution in [0.15, 0.2) is 0 Å². The van der Waals surface area contributed by atoms with Crippen LogP contribution in [-0.2, 0) is 4.74 Å². The molecule has 2 heteroatoms. The molecule has 0 spiro atoms. The highest BCUT2D eigenvalue weighted by Crippen LogP contribution is 2.22. The van der Waals surface area contributed by atoms with Gasteiger partial charge in [-0.2, -0.15) is 0 Å². The van der Waals surface area contributed by atoms with Crippen LogP contribution in [0.4, 0.5) is 0 Å². The van der Waals surface area contributed by atoms with Gasteiger partial charge in [0.15, 0.2) is 0 Å². The van der Waals surface area contributed by atoms with Gasteiger partial charge in [0.1, 0.15) is 0 Å². The van der Waals surface area contributed by atoms with E-state index >= 15 is 0 Å². The van der Waals surface area contributed by atoms with Gasteiger partial charge in [-0.3, -0.25) is 0 Å². The van der Waals surface area contributed by atoms with E-state index in [1.807, 2.05) is 0 Å². The zero-order valence-corrected chi connectivity index (χ0v) is 10.6. The molecule has 0 amide bonds. The molecule has 0 aromatic heterocycles. The smallest absolute Gasteiger partial charge is 0.0578 e. The van der Waals surface area contributed by atoms with Crippen LogP contribution < -0.4 is 5.32 Å². The van der Waals surface area contributed by atoms with Gasteiger partial charge in [0.05, 0.1) is 6.10 Å². The summed E-state index contributed by atoms with van der Waals surface area (Å²) in [5.41, 5.74) is 0. The number of ether oxygens (including phenoxy) is 1. The Labute approximate surface area is 94.8 Å². The lowest BCUT2D eigenvalue weighted by atomic mass is 9.93. The summed E-state index contributed by atoms with van der Waals surface area (Å²) in [5, 5.41) is 3.56. The minimum Gasteiger partial charge on any atom is -0.378 e. The first-order valence-electron chi connectivity index (χ1n) is 6.54. The third-order valence-electron chi connectivity index (χ3n) is 3.07. The van der Waals surface area contributed by atoms with Gasteiger partial charge in [-0.05, 0) is 44.2 Å². The van der Waals surface area contributed by atoms with Crippen LogP contribution in [0, 0.1) is 11.8 Å². The first-order chi connectivity index (χ1) is 7.22. The van der Waals surface area contributed by atoms with Gasteiger partial charge in [0.2, 0.25) is 0 Å². The minimum absolute atomic E-state index is 0.537. The van der Waals surface area contributed by atoms with Crippen LogP contribution in [0.1, 0.15) is 46.5 Å². The highest BCUT2D eigenvalue weighted by atomic mass is 16.5. The van der Waals surface area contributed by atoms with Crippen molar-refractivity contribution in [1.29, 1.82) is 0 Å². The molecule has 1 heterocycles. The second kappa shape index (κ2) is 7.24. The quantitative estimate of drug-likeness (QED) is 0.732. The van der Waals surface area contributed by atoms with Crippen LogP contribution in [0.5, 0.6) is 0 Å². The third kappa shape index (κ3) is 5.53. The number of nitrogens with one attached hydrogen (secondary N) is 1. The van der Waals surface area contributed by atoms with Crippen LogP contribution >= 0.6 is 0 Å². The summed E-state index contributed by atoms with van der Waals surface area (Å²) >= 11 is 0. The predicted molar refractivity (Wildman–Crippen MR) is 65.1 cm³/mol. The number of hydrogen-bond acceptors (Lipinski definition) is 2. The van der Waals surface area contributed by atoms with Gasteiger partial charge in [-0.25, -0.2) is 0 Å². The summed E-state index contributed by atoms with van der Waals surface area (Å²) in [4.78, 5) is 0. The molecular weight excluding hydrogens is 186 g/mol. The summed E-state index contributed by atoms with van der Waals surface area (Å²) in [5.74, 6) is 1.60. The molecule has 0 bridgehead atoms. The normalized spacial score (nSPS) is 27.2. The van der Waals surface area contributed by atoms with E-state index in [0.29, 0.717) is 6.10 Å². The van der Waals surface area contributed by atoms with Gasteiger partial charge >= 0.3 is 0 Å². The van der Waals surface area contributed by atoms with Crippen LogP contribution in [0.2, 0.25) is 0 Å². The minimum atomic E-state index is 0.537. The molecule has 1 fully saturated rings. The summed E-state index contributed by atoms with van der Waals surface area (Å²) in [6, 6.07) is 0. The lowest BCUT2D eigenvalue weighted by molar-refractivity contribution is -0.0131. The van der Waals surface area contributed by atoms with E-state index in [1.54, 1.807) is 0 Å². The Morgan fingerprint density at radius 3 is 2.87 bits per heavy atom. The maximum atomic E-state index is 5.75. The topological polar surface area (TPSA) is 21.3 Å². The molecule has 0 aromatic rings. The Kier molecular flexibility index (Phi) is 6.26. The Bertz CT molecular complexity index is 157. The van der Waals surface area contributed by atoms with Crippen molar-refractivity contribution in [3.63, 3.8) is 0 Å². The Hall–Kier alpha value is -0.0800. The first-order valence-corrected chi connectivity index (χ1v) is 6.54. The second-order valence-electron chi connectivity index (χ2n) is 5.22. The van der Waals surface area contributed by atoms with Crippen LogP contribution in [0.25, 0.3) is 0 Å². The van der Waals surface area contributed by atoms with E-state index in [9.17, 15) is 0 Å². The lowest BCUT2D eigenvalue weighted by Crippen LogP contribution is -2.33.